The Morgan fingerprint density at radius 1 is 1.26 bits per heavy atom. The lowest BCUT2D eigenvalue weighted by molar-refractivity contribution is -0.133. The zero-order valence-corrected chi connectivity index (χ0v) is 15.9. The van der Waals surface area contributed by atoms with Crippen molar-refractivity contribution in [2.75, 3.05) is 13.7 Å². The molecule has 2 unspecified atom stereocenters. The van der Waals surface area contributed by atoms with E-state index in [4.69, 9.17) is 9.47 Å². The molecule has 1 aromatic rings. The summed E-state index contributed by atoms with van der Waals surface area (Å²) in [6.45, 7) is 4.29. The highest BCUT2D eigenvalue weighted by Gasteiger charge is 2.43. The predicted octanol–water partition coefficient (Wildman–Crippen LogP) is 3.75. The van der Waals surface area contributed by atoms with Crippen molar-refractivity contribution in [1.29, 1.82) is 0 Å². The Kier molecular flexibility index (Phi) is 5.63. The first-order chi connectivity index (χ1) is 13.0. The number of carbonyl (C=O) groups excluding carboxylic acids is 1. The van der Waals surface area contributed by atoms with Gasteiger partial charge >= 0.3 is 5.97 Å². The first kappa shape index (κ1) is 19.1. The third-order valence-corrected chi connectivity index (χ3v) is 5.15. The van der Waals surface area contributed by atoms with Gasteiger partial charge in [0.2, 0.25) is 0 Å². The van der Waals surface area contributed by atoms with Crippen molar-refractivity contribution in [3.63, 3.8) is 0 Å². The van der Waals surface area contributed by atoms with Crippen LogP contribution in [0.25, 0.3) is 0 Å². The molecule has 1 fully saturated rings. The number of rotatable bonds is 6. The molecule has 1 aromatic carbocycles. The first-order valence-electron chi connectivity index (χ1n) is 9.32. The fourth-order valence-corrected chi connectivity index (χ4v) is 3.97. The number of methoxy groups -OCH3 is 1. The molecule has 0 bridgehead atoms. The fraction of sp³-hybridized carbons (Fsp3) is 0.476. The maximum Gasteiger partial charge on any atom is 0.334 e. The maximum absolute atomic E-state index is 12.7. The second-order valence-electron chi connectivity index (χ2n) is 6.94. The van der Waals surface area contributed by atoms with Crippen LogP contribution in [0.4, 0.5) is 0 Å². The van der Waals surface area contributed by atoms with E-state index in [1.54, 1.807) is 26.2 Å². The summed E-state index contributed by atoms with van der Waals surface area (Å²) in [7, 11) is 1.55. The Bertz CT molecular complexity index is 824. The molecule has 27 heavy (non-hydrogen) atoms. The summed E-state index contributed by atoms with van der Waals surface area (Å²) in [5, 5.41) is 9.82. The summed E-state index contributed by atoms with van der Waals surface area (Å²) in [5.41, 5.74) is 2.19. The van der Waals surface area contributed by atoms with Crippen LogP contribution in [0.15, 0.2) is 34.5 Å². The summed E-state index contributed by atoms with van der Waals surface area (Å²) >= 11 is 0. The van der Waals surface area contributed by atoms with Crippen LogP contribution in [0.5, 0.6) is 11.5 Å². The standard InChI is InChI=1S/C21H25NO5/c1-4-10-27-16-9-8-13(11-17(16)26-3)19-18(21(24)25)12(2)22-14-6-5-7-15(23)20(14)19/h8-9,11,19-20H,4-7,10H2,1-3H3,(H,24,25). The highest BCUT2D eigenvalue weighted by molar-refractivity contribution is 6.11. The molecule has 0 saturated heterocycles. The van der Waals surface area contributed by atoms with E-state index in [0.717, 1.165) is 30.5 Å². The van der Waals surface area contributed by atoms with E-state index in [1.807, 2.05) is 13.0 Å². The number of carbonyl (C=O) groups is 2. The second kappa shape index (κ2) is 7.94. The molecular formula is C21H25NO5. The van der Waals surface area contributed by atoms with Crippen LogP contribution < -0.4 is 9.47 Å². The van der Waals surface area contributed by atoms with Gasteiger partial charge < -0.3 is 14.6 Å². The van der Waals surface area contributed by atoms with Gasteiger partial charge in [0.15, 0.2) is 11.5 Å². The van der Waals surface area contributed by atoms with Crippen molar-refractivity contribution in [3.8, 4) is 11.5 Å². The number of nitrogens with zero attached hydrogens (tertiary/aromatic N) is 1. The summed E-state index contributed by atoms with van der Waals surface area (Å²) in [4.78, 5) is 29.2. The Morgan fingerprint density at radius 3 is 2.70 bits per heavy atom. The quantitative estimate of drug-likeness (QED) is 0.823. The average Bonchev–Trinajstić information content (AvgIpc) is 2.65. The van der Waals surface area contributed by atoms with Gasteiger partial charge in [-0.1, -0.05) is 13.0 Å². The van der Waals surface area contributed by atoms with Crippen LogP contribution in [0.2, 0.25) is 0 Å². The predicted molar refractivity (Wildman–Crippen MR) is 102 cm³/mol. The molecule has 6 heteroatoms. The number of hydrogen-bond acceptors (Lipinski definition) is 5. The van der Waals surface area contributed by atoms with E-state index in [-0.39, 0.29) is 11.4 Å². The molecule has 2 atom stereocenters. The number of Topliss-reactive ketones (excluding diaryl/α,β-unsaturated/α-hetero) is 1. The molecule has 2 aliphatic rings. The van der Waals surface area contributed by atoms with Crippen molar-refractivity contribution in [1.82, 2.24) is 0 Å². The number of carboxylic acid groups (broad SMARTS) is 1. The summed E-state index contributed by atoms with van der Waals surface area (Å²) in [6.07, 6.45) is 2.83. The van der Waals surface area contributed by atoms with Gasteiger partial charge in [-0.3, -0.25) is 9.79 Å². The minimum absolute atomic E-state index is 0.0570. The molecule has 3 rings (SSSR count). The molecule has 0 aromatic heterocycles. The maximum atomic E-state index is 12.7. The Morgan fingerprint density at radius 2 is 2.04 bits per heavy atom. The number of hydrogen-bond donors (Lipinski definition) is 1. The SMILES string of the molecule is CCCOc1ccc(C2C(C(=O)O)=C(C)N=C3CCCC(=O)C32)cc1OC. The van der Waals surface area contributed by atoms with Gasteiger partial charge in [-0.25, -0.2) is 4.79 Å². The summed E-state index contributed by atoms with van der Waals surface area (Å²) < 4.78 is 11.2. The third-order valence-electron chi connectivity index (χ3n) is 5.15. The molecule has 1 saturated carbocycles. The van der Waals surface area contributed by atoms with Gasteiger partial charge in [0.25, 0.3) is 0 Å². The van der Waals surface area contributed by atoms with Crippen LogP contribution >= 0.6 is 0 Å². The van der Waals surface area contributed by atoms with E-state index in [0.29, 0.717) is 30.2 Å². The largest absolute Gasteiger partial charge is 0.493 e. The average molecular weight is 371 g/mol. The van der Waals surface area contributed by atoms with Gasteiger partial charge in [-0.2, -0.15) is 0 Å². The number of aliphatic carboxylic acids is 1. The van der Waals surface area contributed by atoms with E-state index < -0.39 is 17.8 Å². The van der Waals surface area contributed by atoms with Crippen molar-refractivity contribution in [2.24, 2.45) is 10.9 Å². The minimum atomic E-state index is -1.04. The molecule has 6 nitrogen and oxygen atoms in total. The molecular weight excluding hydrogens is 346 g/mol. The van der Waals surface area contributed by atoms with E-state index in [2.05, 4.69) is 4.99 Å². The number of aliphatic imine (C=N–C) groups is 1. The van der Waals surface area contributed by atoms with Gasteiger partial charge in [-0.05, 0) is 43.9 Å². The summed E-state index contributed by atoms with van der Waals surface area (Å²) in [5.74, 6) is -0.904. The first-order valence-corrected chi connectivity index (χ1v) is 9.32. The van der Waals surface area contributed by atoms with E-state index in [1.165, 1.54) is 0 Å². The molecule has 0 radical (unpaired) electrons. The van der Waals surface area contributed by atoms with Gasteiger partial charge in [0.1, 0.15) is 5.78 Å². The monoisotopic (exact) mass is 371 g/mol. The van der Waals surface area contributed by atoms with E-state index in [9.17, 15) is 14.7 Å². The number of allylic oxidation sites excluding steroid dienone is 1. The molecule has 1 N–H and O–H groups in total. The zero-order valence-electron chi connectivity index (χ0n) is 15.9. The van der Waals surface area contributed by atoms with Crippen LogP contribution in [0.1, 0.15) is 51.0 Å². The Balaban J connectivity index is 2.10. The lowest BCUT2D eigenvalue weighted by Crippen LogP contribution is -2.38. The van der Waals surface area contributed by atoms with Crippen LogP contribution in [-0.2, 0) is 9.59 Å². The number of fused-ring (bicyclic) bond motifs is 1. The lowest BCUT2D eigenvalue weighted by atomic mass is 9.69. The molecule has 1 heterocycles. The molecule has 1 aliphatic carbocycles. The normalized spacial score (nSPS) is 22.2. The van der Waals surface area contributed by atoms with Crippen LogP contribution in [0.3, 0.4) is 0 Å². The van der Waals surface area contributed by atoms with Crippen molar-refractivity contribution < 1.29 is 24.2 Å². The van der Waals surface area contributed by atoms with Crippen molar-refractivity contribution in [3.05, 3.63) is 35.0 Å². The van der Waals surface area contributed by atoms with Crippen molar-refractivity contribution in [2.45, 2.75) is 45.4 Å². The zero-order chi connectivity index (χ0) is 19.6. The second-order valence-corrected chi connectivity index (χ2v) is 6.94. The lowest BCUT2D eigenvalue weighted by Gasteiger charge is -2.35. The Hall–Kier alpha value is -2.63. The summed E-state index contributed by atoms with van der Waals surface area (Å²) in [6, 6.07) is 5.41. The topological polar surface area (TPSA) is 85.2 Å². The highest BCUT2D eigenvalue weighted by Crippen LogP contribution is 2.44. The Labute approximate surface area is 158 Å². The molecule has 0 amide bonds. The fourth-order valence-electron chi connectivity index (χ4n) is 3.97. The number of ether oxygens (including phenoxy) is 2. The smallest absolute Gasteiger partial charge is 0.334 e. The van der Waals surface area contributed by atoms with Gasteiger partial charge in [0.05, 0.1) is 25.2 Å². The molecule has 1 aliphatic heterocycles. The van der Waals surface area contributed by atoms with Crippen LogP contribution in [0, 0.1) is 5.92 Å². The van der Waals surface area contributed by atoms with Gasteiger partial charge in [0, 0.05) is 23.7 Å². The minimum Gasteiger partial charge on any atom is -0.493 e. The van der Waals surface area contributed by atoms with Crippen molar-refractivity contribution >= 4 is 17.5 Å². The molecule has 144 valence electrons. The van der Waals surface area contributed by atoms with Crippen LogP contribution in [-0.4, -0.2) is 36.3 Å². The highest BCUT2D eigenvalue weighted by atomic mass is 16.5. The number of carboxylic acids is 1. The van der Waals surface area contributed by atoms with Gasteiger partial charge in [-0.15, -0.1) is 0 Å². The number of benzene rings is 1. The number of ketones is 1. The van der Waals surface area contributed by atoms with E-state index >= 15 is 0 Å². The third kappa shape index (κ3) is 3.61. The molecule has 0 spiro atoms.